The second-order valence-electron chi connectivity index (χ2n) is 16.3. The molecule has 41 heavy (non-hydrogen) atoms. The Morgan fingerprint density at radius 2 is 1.54 bits per heavy atom. The Morgan fingerprint density at radius 3 is 2.17 bits per heavy atom. The highest BCUT2D eigenvalue weighted by atomic mass is 16.5. The number of carboxylic acids is 2. The van der Waals surface area contributed by atoms with Gasteiger partial charge in [-0.1, -0.05) is 47.1 Å². The van der Waals surface area contributed by atoms with Gasteiger partial charge in [0.25, 0.3) is 0 Å². The van der Waals surface area contributed by atoms with Crippen molar-refractivity contribution in [1.82, 2.24) is 0 Å². The highest BCUT2D eigenvalue weighted by Crippen LogP contribution is 2.75. The molecule has 0 spiro atoms. The molecule has 0 saturated heterocycles. The predicted molar refractivity (Wildman–Crippen MR) is 154 cm³/mol. The fraction of sp³-hybridized carbons (Fsp3) is 0.824. The van der Waals surface area contributed by atoms with Crippen LogP contribution >= 0.6 is 0 Å². The number of hydrogen-bond acceptors (Lipinski definition) is 5. The van der Waals surface area contributed by atoms with E-state index in [0.29, 0.717) is 19.3 Å². The maximum atomic E-state index is 14.5. The third kappa shape index (κ3) is 4.25. The van der Waals surface area contributed by atoms with E-state index in [0.717, 1.165) is 38.5 Å². The predicted octanol–water partition coefficient (Wildman–Crippen LogP) is 6.83. The Labute approximate surface area is 244 Å². The molecule has 0 heterocycles. The standard InChI is InChI=1S/C34H50O7/c1-29(2)23-10-13-34(7)27(32(23,5)12-11-24(29)41-26(38)9-8-25(36)37)22(35)18-20-21-19-31(4,28(39)40)15-14-30(21,3)16-17-33(20,34)6/h18,21,23-24,27H,8-17,19H2,1-7H3,(H,36,37)(H,39,40)/t21-,23+,24+,27-,30-,31+,32+,33+,34+/m0/s1. The summed E-state index contributed by atoms with van der Waals surface area (Å²) in [5, 5.41) is 19.1. The van der Waals surface area contributed by atoms with Crippen molar-refractivity contribution < 1.29 is 34.1 Å². The molecule has 0 aromatic carbocycles. The number of hydrogen-bond donors (Lipinski definition) is 2. The average Bonchev–Trinajstić information content (AvgIpc) is 2.86. The van der Waals surface area contributed by atoms with Gasteiger partial charge >= 0.3 is 17.9 Å². The van der Waals surface area contributed by atoms with Crippen LogP contribution in [0.2, 0.25) is 0 Å². The molecule has 0 aromatic heterocycles. The SMILES string of the molecule is CC1(C)[C@H]2CC[C@]3(C)[C@@H](C(=O)C=C4[C@@H]5C[C@](C)(C(=O)O)CC[C@@]5(C)CC[C@]43C)[C@]2(C)CC[C@H]1OC(=O)CCC(=O)O. The molecule has 0 radical (unpaired) electrons. The highest BCUT2D eigenvalue weighted by molar-refractivity contribution is 5.95. The second kappa shape index (κ2) is 9.41. The summed E-state index contributed by atoms with van der Waals surface area (Å²) in [5.41, 5.74) is -0.553. The Balaban J connectivity index is 1.49. The number of ether oxygens (including phenoxy) is 1. The maximum Gasteiger partial charge on any atom is 0.309 e. The molecule has 0 unspecified atom stereocenters. The number of ketones is 1. The molecule has 0 amide bonds. The van der Waals surface area contributed by atoms with Crippen LogP contribution in [0.1, 0.15) is 119 Å². The van der Waals surface area contributed by atoms with Crippen LogP contribution in [0.15, 0.2) is 11.6 Å². The van der Waals surface area contributed by atoms with Gasteiger partial charge in [0.05, 0.1) is 18.3 Å². The molecular formula is C34H50O7. The zero-order chi connectivity index (χ0) is 30.4. The van der Waals surface area contributed by atoms with E-state index in [1.165, 1.54) is 5.57 Å². The summed E-state index contributed by atoms with van der Waals surface area (Å²) in [7, 11) is 0. The summed E-state index contributed by atoms with van der Waals surface area (Å²) >= 11 is 0. The van der Waals surface area contributed by atoms with E-state index < -0.39 is 23.3 Å². The van der Waals surface area contributed by atoms with Crippen LogP contribution < -0.4 is 0 Å². The first kappa shape index (κ1) is 30.3. The number of aliphatic carboxylic acids is 2. The zero-order valence-corrected chi connectivity index (χ0v) is 26.1. The minimum atomic E-state index is -1.01. The van der Waals surface area contributed by atoms with Crippen LogP contribution in [-0.2, 0) is 23.9 Å². The smallest absolute Gasteiger partial charge is 0.309 e. The highest BCUT2D eigenvalue weighted by Gasteiger charge is 2.70. The van der Waals surface area contributed by atoms with Crippen molar-refractivity contribution in [1.29, 1.82) is 0 Å². The largest absolute Gasteiger partial charge is 0.481 e. The Kier molecular flexibility index (Phi) is 6.95. The lowest BCUT2D eigenvalue weighted by Gasteiger charge is -2.70. The number of carbonyl (C=O) groups excluding carboxylic acids is 2. The van der Waals surface area contributed by atoms with Gasteiger partial charge in [-0.25, -0.2) is 0 Å². The minimum absolute atomic E-state index is 0.0233. The summed E-state index contributed by atoms with van der Waals surface area (Å²) in [6, 6.07) is 0. The fourth-order valence-electron chi connectivity index (χ4n) is 11.0. The van der Waals surface area contributed by atoms with E-state index in [2.05, 4.69) is 41.5 Å². The van der Waals surface area contributed by atoms with Crippen LogP contribution in [0.5, 0.6) is 0 Å². The molecule has 9 atom stereocenters. The number of carboxylic acid groups (broad SMARTS) is 2. The van der Waals surface area contributed by atoms with E-state index in [1.807, 2.05) is 13.0 Å². The van der Waals surface area contributed by atoms with Gasteiger partial charge in [-0.3, -0.25) is 19.2 Å². The van der Waals surface area contributed by atoms with Crippen LogP contribution in [0.4, 0.5) is 0 Å². The summed E-state index contributed by atoms with van der Waals surface area (Å²) in [6.07, 6.45) is 8.80. The van der Waals surface area contributed by atoms with E-state index in [9.17, 15) is 24.3 Å². The first-order chi connectivity index (χ1) is 18.8. The van der Waals surface area contributed by atoms with Crippen LogP contribution in [-0.4, -0.2) is 40.0 Å². The number of rotatable bonds is 5. The summed E-state index contributed by atoms with van der Waals surface area (Å²) in [6.45, 7) is 15.5. The third-order valence-electron chi connectivity index (χ3n) is 13.8. The number of esters is 1. The molecule has 0 bridgehead atoms. The Morgan fingerprint density at radius 1 is 0.878 bits per heavy atom. The van der Waals surface area contributed by atoms with Crippen LogP contribution in [0.25, 0.3) is 0 Å². The van der Waals surface area contributed by atoms with Gasteiger partial charge in [-0.15, -0.1) is 0 Å². The molecule has 2 N–H and O–H groups in total. The van der Waals surface area contributed by atoms with E-state index in [4.69, 9.17) is 9.84 Å². The van der Waals surface area contributed by atoms with Gasteiger partial charge in [0, 0.05) is 11.3 Å². The average molecular weight is 571 g/mol. The fourth-order valence-corrected chi connectivity index (χ4v) is 11.0. The van der Waals surface area contributed by atoms with E-state index >= 15 is 0 Å². The van der Waals surface area contributed by atoms with E-state index in [-0.39, 0.29) is 69.6 Å². The monoisotopic (exact) mass is 570 g/mol. The molecule has 4 saturated carbocycles. The van der Waals surface area contributed by atoms with Gasteiger partial charge < -0.3 is 14.9 Å². The summed E-state index contributed by atoms with van der Waals surface area (Å²) < 4.78 is 5.91. The lowest BCUT2D eigenvalue weighted by Crippen LogP contribution is -2.66. The molecule has 7 nitrogen and oxygen atoms in total. The summed E-state index contributed by atoms with van der Waals surface area (Å²) in [5.74, 6) is -1.87. The molecule has 5 aliphatic carbocycles. The quantitative estimate of drug-likeness (QED) is 0.348. The molecule has 228 valence electrons. The number of allylic oxidation sites excluding steroid dienone is 2. The minimum Gasteiger partial charge on any atom is -0.481 e. The van der Waals surface area contributed by atoms with Gasteiger partial charge in [0.2, 0.25) is 0 Å². The van der Waals surface area contributed by atoms with Crippen LogP contribution in [0, 0.1) is 50.2 Å². The van der Waals surface area contributed by atoms with Crippen molar-refractivity contribution in [2.45, 2.75) is 125 Å². The van der Waals surface area contributed by atoms with Gasteiger partial charge in [0.1, 0.15) is 6.10 Å². The van der Waals surface area contributed by atoms with Crippen molar-refractivity contribution >= 4 is 23.7 Å². The third-order valence-corrected chi connectivity index (χ3v) is 13.8. The molecule has 7 heteroatoms. The molecule has 5 aliphatic rings. The topological polar surface area (TPSA) is 118 Å². The van der Waals surface area contributed by atoms with Gasteiger partial charge in [0.15, 0.2) is 5.78 Å². The Hall–Kier alpha value is -2.18. The lowest BCUT2D eigenvalue weighted by atomic mass is 9.33. The zero-order valence-electron chi connectivity index (χ0n) is 26.1. The molecule has 0 aromatic rings. The lowest BCUT2D eigenvalue weighted by molar-refractivity contribution is -0.211. The number of fused-ring (bicyclic) bond motifs is 7. The maximum absolute atomic E-state index is 14.5. The van der Waals surface area contributed by atoms with Crippen molar-refractivity contribution in [2.75, 3.05) is 0 Å². The first-order valence-electron chi connectivity index (χ1n) is 15.7. The van der Waals surface area contributed by atoms with Gasteiger partial charge in [-0.2, -0.15) is 0 Å². The molecule has 4 fully saturated rings. The molecular weight excluding hydrogens is 520 g/mol. The normalized spacial score (nSPS) is 46.6. The number of carbonyl (C=O) groups is 4. The van der Waals surface area contributed by atoms with Crippen molar-refractivity contribution in [3.8, 4) is 0 Å². The van der Waals surface area contributed by atoms with Crippen molar-refractivity contribution in [3.63, 3.8) is 0 Å². The van der Waals surface area contributed by atoms with Gasteiger partial charge in [-0.05, 0) is 104 Å². The van der Waals surface area contributed by atoms with Crippen LogP contribution in [0.3, 0.4) is 0 Å². The Bertz CT molecular complexity index is 1200. The summed E-state index contributed by atoms with van der Waals surface area (Å²) in [4.78, 5) is 50.3. The first-order valence-corrected chi connectivity index (χ1v) is 15.7. The second-order valence-corrected chi connectivity index (χ2v) is 16.3. The van der Waals surface area contributed by atoms with Crippen molar-refractivity contribution in [3.05, 3.63) is 11.6 Å². The van der Waals surface area contributed by atoms with E-state index in [1.54, 1.807) is 0 Å². The molecule has 0 aliphatic heterocycles. The van der Waals surface area contributed by atoms with Crippen molar-refractivity contribution in [2.24, 2.45) is 50.2 Å². The molecule has 5 rings (SSSR count).